The van der Waals surface area contributed by atoms with Gasteiger partial charge in [0.2, 0.25) is 0 Å². The van der Waals surface area contributed by atoms with Crippen LogP contribution < -0.4 is 5.32 Å². The van der Waals surface area contributed by atoms with Crippen LogP contribution in [0.1, 0.15) is 37.7 Å². The minimum atomic E-state index is 0.440. The summed E-state index contributed by atoms with van der Waals surface area (Å²) in [6, 6.07) is 6.50. The maximum atomic E-state index is 4.65. The van der Waals surface area contributed by atoms with Crippen molar-refractivity contribution in [1.82, 2.24) is 20.3 Å². The number of pyridine rings is 1. The van der Waals surface area contributed by atoms with Gasteiger partial charge in [-0.15, -0.1) is 0 Å². The molecule has 0 aliphatic heterocycles. The molecule has 0 aliphatic carbocycles. The van der Waals surface area contributed by atoms with E-state index in [9.17, 15) is 0 Å². The van der Waals surface area contributed by atoms with Gasteiger partial charge in [-0.1, -0.05) is 26.8 Å². The van der Waals surface area contributed by atoms with Crippen LogP contribution in [0.15, 0.2) is 24.4 Å². The molecular weight excluding hydrogens is 248 g/mol. The highest BCUT2D eigenvalue weighted by atomic mass is 15.0. The molecule has 0 aromatic carbocycles. The molecule has 0 bridgehead atoms. The third-order valence-corrected chi connectivity index (χ3v) is 3.08. The van der Waals surface area contributed by atoms with Gasteiger partial charge in [0.25, 0.3) is 0 Å². The molecule has 1 N–H and O–H groups in total. The molecule has 4 heteroatoms. The first-order chi connectivity index (χ1) is 9.60. The fourth-order valence-corrected chi connectivity index (χ4v) is 2.06. The average molecular weight is 270 g/mol. The minimum Gasteiger partial charge on any atom is -0.309 e. The van der Waals surface area contributed by atoms with Crippen molar-refractivity contribution in [1.29, 1.82) is 0 Å². The Morgan fingerprint density at radius 1 is 1.25 bits per heavy atom. The Morgan fingerprint density at radius 3 is 2.75 bits per heavy atom. The summed E-state index contributed by atoms with van der Waals surface area (Å²) in [5.41, 5.74) is 4.06. The lowest BCUT2D eigenvalue weighted by molar-refractivity contribution is 0.580. The Bertz CT molecular complexity index is 578. The number of rotatable bonds is 5. The second kappa shape index (κ2) is 6.57. The lowest BCUT2D eigenvalue weighted by Crippen LogP contribution is -2.22. The molecule has 2 heterocycles. The molecule has 0 amide bonds. The van der Waals surface area contributed by atoms with E-state index in [-0.39, 0.29) is 0 Å². The predicted molar refractivity (Wildman–Crippen MR) is 81.4 cm³/mol. The van der Waals surface area contributed by atoms with Crippen molar-refractivity contribution in [2.75, 3.05) is 0 Å². The molecule has 2 aromatic rings. The lowest BCUT2D eigenvalue weighted by atomic mass is 10.1. The Balaban J connectivity index is 2.36. The number of aryl methyl sites for hydroxylation is 2. The van der Waals surface area contributed by atoms with Gasteiger partial charge in [-0.2, -0.15) is 0 Å². The Hall–Kier alpha value is -1.81. The first-order valence-electron chi connectivity index (χ1n) is 7.12. The van der Waals surface area contributed by atoms with Gasteiger partial charge in [-0.05, 0) is 31.0 Å². The Morgan fingerprint density at radius 2 is 2.05 bits per heavy atom. The van der Waals surface area contributed by atoms with Crippen molar-refractivity contribution in [2.45, 2.75) is 46.7 Å². The summed E-state index contributed by atoms with van der Waals surface area (Å²) < 4.78 is 0. The van der Waals surface area contributed by atoms with Crippen molar-refractivity contribution in [3.8, 4) is 11.5 Å². The Kier molecular flexibility index (Phi) is 4.79. The van der Waals surface area contributed by atoms with Gasteiger partial charge >= 0.3 is 0 Å². The van der Waals surface area contributed by atoms with Gasteiger partial charge in [0, 0.05) is 24.5 Å². The molecule has 0 saturated heterocycles. The molecule has 2 aromatic heterocycles. The van der Waals surface area contributed by atoms with Gasteiger partial charge in [0.05, 0.1) is 5.69 Å². The van der Waals surface area contributed by atoms with Crippen LogP contribution in [0.5, 0.6) is 0 Å². The van der Waals surface area contributed by atoms with Gasteiger partial charge in [0.15, 0.2) is 5.82 Å². The zero-order valence-corrected chi connectivity index (χ0v) is 12.6. The predicted octanol–water partition coefficient (Wildman–Crippen LogP) is 2.91. The summed E-state index contributed by atoms with van der Waals surface area (Å²) in [4.78, 5) is 13.6. The highest BCUT2D eigenvalue weighted by molar-refractivity contribution is 5.54. The summed E-state index contributed by atoms with van der Waals surface area (Å²) in [6.45, 7) is 9.13. The highest BCUT2D eigenvalue weighted by Crippen LogP contribution is 2.18. The monoisotopic (exact) mass is 270 g/mol. The minimum absolute atomic E-state index is 0.440. The molecule has 0 aliphatic rings. The van der Waals surface area contributed by atoms with E-state index < -0.39 is 0 Å². The van der Waals surface area contributed by atoms with Crippen LogP contribution in [0.25, 0.3) is 11.5 Å². The third kappa shape index (κ3) is 3.61. The molecule has 0 unspecified atom stereocenters. The zero-order chi connectivity index (χ0) is 14.5. The van der Waals surface area contributed by atoms with Gasteiger partial charge < -0.3 is 5.32 Å². The lowest BCUT2D eigenvalue weighted by Gasteiger charge is -2.10. The van der Waals surface area contributed by atoms with E-state index in [1.165, 1.54) is 5.56 Å². The van der Waals surface area contributed by atoms with Crippen LogP contribution in [-0.4, -0.2) is 21.0 Å². The first kappa shape index (κ1) is 14.6. The van der Waals surface area contributed by atoms with Crippen molar-refractivity contribution < 1.29 is 0 Å². The van der Waals surface area contributed by atoms with E-state index in [0.29, 0.717) is 6.04 Å². The standard InChI is InChI=1S/C16H22N4/c1-5-13-7-6-8-17-15(13)16-19-12(4)9-14(20-16)10-18-11(2)3/h6-9,11,18H,5,10H2,1-4H3. The van der Waals surface area contributed by atoms with E-state index in [1.54, 1.807) is 6.20 Å². The number of aromatic nitrogens is 3. The summed E-state index contributed by atoms with van der Waals surface area (Å²) in [5.74, 6) is 0.725. The second-order valence-corrected chi connectivity index (χ2v) is 5.22. The molecule has 4 nitrogen and oxygen atoms in total. The third-order valence-electron chi connectivity index (χ3n) is 3.08. The van der Waals surface area contributed by atoms with Crippen LogP contribution in [-0.2, 0) is 13.0 Å². The maximum Gasteiger partial charge on any atom is 0.178 e. The van der Waals surface area contributed by atoms with Crippen LogP contribution in [0.3, 0.4) is 0 Å². The van der Waals surface area contributed by atoms with Crippen molar-refractivity contribution in [3.63, 3.8) is 0 Å². The van der Waals surface area contributed by atoms with Crippen LogP contribution in [0, 0.1) is 6.92 Å². The van der Waals surface area contributed by atoms with E-state index in [4.69, 9.17) is 0 Å². The molecule has 0 fully saturated rings. The summed E-state index contributed by atoms with van der Waals surface area (Å²) in [7, 11) is 0. The Labute approximate surface area is 120 Å². The van der Waals surface area contributed by atoms with Crippen molar-refractivity contribution >= 4 is 0 Å². The van der Waals surface area contributed by atoms with Crippen LogP contribution in [0.2, 0.25) is 0 Å². The SMILES string of the molecule is CCc1cccnc1-c1nc(C)cc(CNC(C)C)n1. The molecule has 2 rings (SSSR count). The molecule has 20 heavy (non-hydrogen) atoms. The average Bonchev–Trinajstić information content (AvgIpc) is 2.44. The molecule has 106 valence electrons. The smallest absolute Gasteiger partial charge is 0.178 e. The fourth-order valence-electron chi connectivity index (χ4n) is 2.06. The summed E-state index contributed by atoms with van der Waals surface area (Å²) in [6.07, 6.45) is 2.73. The topological polar surface area (TPSA) is 50.7 Å². The highest BCUT2D eigenvalue weighted by Gasteiger charge is 2.10. The van der Waals surface area contributed by atoms with E-state index in [2.05, 4.69) is 47.1 Å². The van der Waals surface area contributed by atoms with E-state index in [1.807, 2.05) is 19.1 Å². The van der Waals surface area contributed by atoms with Crippen LogP contribution >= 0.6 is 0 Å². The largest absolute Gasteiger partial charge is 0.309 e. The molecule has 0 spiro atoms. The van der Waals surface area contributed by atoms with E-state index in [0.717, 1.165) is 35.9 Å². The zero-order valence-electron chi connectivity index (χ0n) is 12.6. The van der Waals surface area contributed by atoms with Gasteiger partial charge in [-0.3, -0.25) is 4.98 Å². The quantitative estimate of drug-likeness (QED) is 0.907. The van der Waals surface area contributed by atoms with Crippen LogP contribution in [0.4, 0.5) is 0 Å². The number of nitrogens with zero attached hydrogens (tertiary/aromatic N) is 3. The molecule has 0 radical (unpaired) electrons. The normalized spacial score (nSPS) is 11.1. The van der Waals surface area contributed by atoms with Crippen molar-refractivity contribution in [3.05, 3.63) is 41.3 Å². The number of nitrogens with one attached hydrogen (secondary N) is 1. The maximum absolute atomic E-state index is 4.65. The summed E-state index contributed by atoms with van der Waals surface area (Å²) in [5, 5.41) is 3.39. The molecule has 0 atom stereocenters. The molecular formula is C16H22N4. The number of hydrogen-bond donors (Lipinski definition) is 1. The molecule has 0 saturated carbocycles. The second-order valence-electron chi connectivity index (χ2n) is 5.22. The summed E-state index contributed by atoms with van der Waals surface area (Å²) >= 11 is 0. The van der Waals surface area contributed by atoms with E-state index >= 15 is 0 Å². The van der Waals surface area contributed by atoms with Crippen molar-refractivity contribution in [2.24, 2.45) is 0 Å². The first-order valence-corrected chi connectivity index (χ1v) is 7.12. The van der Waals surface area contributed by atoms with Gasteiger partial charge in [0.1, 0.15) is 5.69 Å². The fraction of sp³-hybridized carbons (Fsp3) is 0.438. The van der Waals surface area contributed by atoms with Gasteiger partial charge in [-0.25, -0.2) is 9.97 Å². The number of hydrogen-bond acceptors (Lipinski definition) is 4.